The van der Waals surface area contributed by atoms with Crippen LogP contribution in [0.2, 0.25) is 0 Å². The van der Waals surface area contributed by atoms with Gasteiger partial charge in [-0.15, -0.1) is 0 Å². The highest BCUT2D eigenvalue weighted by atomic mass is 32.2. The van der Waals surface area contributed by atoms with Crippen molar-refractivity contribution in [1.29, 1.82) is 0 Å². The second-order valence-corrected chi connectivity index (χ2v) is 4.66. The number of furan rings is 1. The molecule has 0 saturated carbocycles. The predicted octanol–water partition coefficient (Wildman–Crippen LogP) is 1.74. The van der Waals surface area contributed by atoms with E-state index in [1.54, 1.807) is 23.9 Å². The van der Waals surface area contributed by atoms with Crippen LogP contribution in [0.1, 0.15) is 23.2 Å². The summed E-state index contributed by atoms with van der Waals surface area (Å²) in [6.07, 6.45) is 1.93. The van der Waals surface area contributed by atoms with Crippen LogP contribution in [0.3, 0.4) is 0 Å². The number of rotatable bonds is 5. The first-order valence-corrected chi connectivity index (χ1v) is 6.98. The highest BCUT2D eigenvalue weighted by Gasteiger charge is 2.17. The Kier molecular flexibility index (Phi) is 4.41. The molecule has 106 valence electrons. The maximum atomic E-state index is 11.9. The molecule has 0 aliphatic carbocycles. The molecule has 0 unspecified atom stereocenters. The Morgan fingerprint density at radius 3 is 2.60 bits per heavy atom. The third-order valence-corrected chi connectivity index (χ3v) is 2.76. The molecular weight excluding hydrogens is 284 g/mol. The van der Waals surface area contributed by atoms with Crippen LogP contribution in [-0.2, 0) is 10.5 Å². The Labute approximate surface area is 118 Å². The number of anilines is 2. The van der Waals surface area contributed by atoms with E-state index in [9.17, 15) is 9.59 Å². The van der Waals surface area contributed by atoms with E-state index in [4.69, 9.17) is 4.42 Å². The van der Waals surface area contributed by atoms with E-state index in [0.29, 0.717) is 11.5 Å². The van der Waals surface area contributed by atoms with Crippen molar-refractivity contribution in [1.82, 2.24) is 10.3 Å². The van der Waals surface area contributed by atoms with Gasteiger partial charge in [0.1, 0.15) is 5.76 Å². The average Bonchev–Trinajstić information content (AvgIpc) is 2.99. The van der Waals surface area contributed by atoms with Crippen LogP contribution in [0.25, 0.3) is 0 Å². The zero-order valence-electron chi connectivity index (χ0n) is 10.8. The zero-order valence-corrected chi connectivity index (χ0v) is 11.6. The number of thioether (sulfide) groups is 1. The lowest BCUT2D eigenvalue weighted by Crippen LogP contribution is -2.14. The molecule has 2 rings (SSSR count). The lowest BCUT2D eigenvalue weighted by atomic mass is 10.4. The van der Waals surface area contributed by atoms with Crippen molar-refractivity contribution < 1.29 is 18.6 Å². The molecule has 2 aromatic heterocycles. The third-order valence-electron chi connectivity index (χ3n) is 2.19. The quantitative estimate of drug-likeness (QED) is 0.864. The number of amides is 2. The molecule has 9 heteroatoms. The first-order valence-electron chi connectivity index (χ1n) is 5.59. The van der Waals surface area contributed by atoms with Crippen LogP contribution in [0.5, 0.6) is 0 Å². The average molecular weight is 296 g/mol. The topological polar surface area (TPSA) is 110 Å². The van der Waals surface area contributed by atoms with Crippen LogP contribution in [0.4, 0.5) is 11.6 Å². The van der Waals surface area contributed by atoms with Gasteiger partial charge in [0, 0.05) is 6.92 Å². The van der Waals surface area contributed by atoms with Crippen LogP contribution in [0, 0.1) is 0 Å². The minimum Gasteiger partial charge on any atom is -0.455 e. The summed E-state index contributed by atoms with van der Waals surface area (Å²) >= 11 is 1.58. The summed E-state index contributed by atoms with van der Waals surface area (Å²) in [4.78, 5) is 22.9. The van der Waals surface area contributed by atoms with Gasteiger partial charge in [0.2, 0.25) is 17.5 Å². The molecule has 20 heavy (non-hydrogen) atoms. The van der Waals surface area contributed by atoms with Gasteiger partial charge in [0.15, 0.2) is 5.76 Å². The van der Waals surface area contributed by atoms with Gasteiger partial charge in [-0.05, 0) is 28.7 Å². The minimum atomic E-state index is -0.500. The molecule has 8 nitrogen and oxygen atoms in total. The van der Waals surface area contributed by atoms with E-state index in [1.165, 1.54) is 6.92 Å². The van der Waals surface area contributed by atoms with Gasteiger partial charge in [-0.2, -0.15) is 11.8 Å². The normalized spacial score (nSPS) is 10.3. The fourth-order valence-electron chi connectivity index (χ4n) is 1.41. The van der Waals surface area contributed by atoms with Crippen molar-refractivity contribution in [2.24, 2.45) is 0 Å². The number of hydrogen-bond acceptors (Lipinski definition) is 7. The molecule has 2 heterocycles. The summed E-state index contributed by atoms with van der Waals surface area (Å²) in [6, 6.07) is 3.29. The van der Waals surface area contributed by atoms with Crippen molar-refractivity contribution in [3.63, 3.8) is 0 Å². The second-order valence-electron chi connectivity index (χ2n) is 3.80. The van der Waals surface area contributed by atoms with Gasteiger partial charge >= 0.3 is 0 Å². The fraction of sp³-hybridized carbons (Fsp3) is 0.273. The van der Waals surface area contributed by atoms with Crippen LogP contribution in [0.15, 0.2) is 21.2 Å². The monoisotopic (exact) mass is 296 g/mol. The molecule has 0 atom stereocenters. The van der Waals surface area contributed by atoms with Crippen molar-refractivity contribution >= 4 is 35.2 Å². The Morgan fingerprint density at radius 2 is 1.95 bits per heavy atom. The number of carbonyl (C=O) groups excluding carboxylic acids is 2. The number of nitrogens with one attached hydrogen (secondary N) is 2. The van der Waals surface area contributed by atoms with Gasteiger partial charge < -0.3 is 9.73 Å². The van der Waals surface area contributed by atoms with E-state index in [1.807, 2.05) is 6.26 Å². The summed E-state index contributed by atoms with van der Waals surface area (Å²) in [6.45, 7) is 1.31. The zero-order chi connectivity index (χ0) is 14.5. The largest absolute Gasteiger partial charge is 0.455 e. The van der Waals surface area contributed by atoms with Crippen molar-refractivity contribution in [3.8, 4) is 0 Å². The maximum absolute atomic E-state index is 11.9. The van der Waals surface area contributed by atoms with Gasteiger partial charge in [-0.1, -0.05) is 0 Å². The number of carbonyl (C=O) groups is 2. The van der Waals surface area contributed by atoms with E-state index < -0.39 is 5.91 Å². The van der Waals surface area contributed by atoms with Crippen LogP contribution in [-0.4, -0.2) is 28.4 Å². The van der Waals surface area contributed by atoms with Gasteiger partial charge in [0.05, 0.1) is 5.75 Å². The lowest BCUT2D eigenvalue weighted by Gasteiger charge is -2.00. The molecule has 0 aliphatic heterocycles. The standard InChI is InChI=1S/C11H12N4O4S/c1-6(16)12-9-10(15-19-14-9)13-11(17)8-4-3-7(18-8)5-20-2/h3-4H,5H2,1-2H3,(H,12,14,16)(H,13,15,17). The Bertz CT molecular complexity index is 621. The summed E-state index contributed by atoms with van der Waals surface area (Å²) in [7, 11) is 0. The lowest BCUT2D eigenvalue weighted by molar-refractivity contribution is -0.114. The molecule has 0 aliphatic rings. The first kappa shape index (κ1) is 14.1. The van der Waals surface area contributed by atoms with E-state index in [2.05, 4.69) is 25.6 Å². The highest BCUT2D eigenvalue weighted by molar-refractivity contribution is 7.97. The molecule has 2 amide bonds. The molecule has 0 bridgehead atoms. The van der Waals surface area contributed by atoms with E-state index in [0.717, 1.165) is 0 Å². The van der Waals surface area contributed by atoms with Crippen molar-refractivity contribution in [2.75, 3.05) is 16.9 Å². The second kappa shape index (κ2) is 6.24. The molecule has 2 aromatic rings. The van der Waals surface area contributed by atoms with E-state index in [-0.39, 0.29) is 23.3 Å². The Morgan fingerprint density at radius 1 is 1.25 bits per heavy atom. The molecule has 2 N–H and O–H groups in total. The molecule has 0 fully saturated rings. The van der Waals surface area contributed by atoms with Crippen LogP contribution < -0.4 is 10.6 Å². The number of aromatic nitrogens is 2. The van der Waals surface area contributed by atoms with Crippen molar-refractivity contribution in [3.05, 3.63) is 23.7 Å². The summed E-state index contributed by atoms with van der Waals surface area (Å²) < 4.78 is 9.82. The summed E-state index contributed by atoms with van der Waals surface area (Å²) in [5.41, 5.74) is 0. The number of nitrogens with zero attached hydrogens (tertiary/aromatic N) is 2. The van der Waals surface area contributed by atoms with Crippen molar-refractivity contribution in [2.45, 2.75) is 12.7 Å². The highest BCUT2D eigenvalue weighted by Crippen LogP contribution is 2.18. The fourth-order valence-corrected chi connectivity index (χ4v) is 1.85. The van der Waals surface area contributed by atoms with Gasteiger partial charge in [0.25, 0.3) is 5.91 Å². The SMILES string of the molecule is CSCc1ccc(C(=O)Nc2nonc2NC(C)=O)o1. The molecule has 0 radical (unpaired) electrons. The Hall–Kier alpha value is -2.29. The molecule has 0 aromatic carbocycles. The third kappa shape index (κ3) is 3.38. The number of hydrogen-bond donors (Lipinski definition) is 2. The van der Waals surface area contributed by atoms with Gasteiger partial charge in [-0.3, -0.25) is 14.9 Å². The Balaban J connectivity index is 2.07. The molecule has 0 saturated heterocycles. The summed E-state index contributed by atoms with van der Waals surface area (Å²) in [5.74, 6) is 0.732. The predicted molar refractivity (Wildman–Crippen MR) is 72.5 cm³/mol. The first-order chi connectivity index (χ1) is 9.60. The minimum absolute atomic E-state index is 0.0213. The summed E-state index contributed by atoms with van der Waals surface area (Å²) in [5, 5.41) is 11.8. The molecular formula is C11H12N4O4S. The van der Waals surface area contributed by atoms with E-state index >= 15 is 0 Å². The smallest absolute Gasteiger partial charge is 0.292 e. The van der Waals surface area contributed by atoms with Crippen LogP contribution >= 0.6 is 11.8 Å². The maximum Gasteiger partial charge on any atom is 0.292 e. The molecule has 0 spiro atoms. The van der Waals surface area contributed by atoms with Gasteiger partial charge in [-0.25, -0.2) is 4.63 Å².